The van der Waals surface area contributed by atoms with Gasteiger partial charge in [0.25, 0.3) is 0 Å². The van der Waals surface area contributed by atoms with Crippen LogP contribution in [0.25, 0.3) is 0 Å². The Morgan fingerprint density at radius 2 is 1.77 bits per heavy atom. The summed E-state index contributed by atoms with van der Waals surface area (Å²) in [6.07, 6.45) is 0. The van der Waals surface area contributed by atoms with Gasteiger partial charge in [0.2, 0.25) is 10.0 Å². The normalized spacial score (nSPS) is 15.2. The average Bonchev–Trinajstić information content (AvgIpc) is 2.76. The summed E-state index contributed by atoms with van der Waals surface area (Å²) >= 11 is 0. The fourth-order valence-corrected chi connectivity index (χ4v) is 4.40. The van der Waals surface area contributed by atoms with Crippen LogP contribution in [-0.2, 0) is 10.0 Å². The lowest BCUT2D eigenvalue weighted by atomic mass is 10.2. The Hall–Kier alpha value is -2.36. The number of hydrogen-bond acceptors (Lipinski definition) is 6. The molecule has 0 spiro atoms. The third-order valence-electron chi connectivity index (χ3n) is 5.04. The Labute approximate surface area is 177 Å². The Balaban J connectivity index is 1.46. The van der Waals surface area contributed by atoms with Gasteiger partial charge in [0.1, 0.15) is 5.75 Å². The van der Waals surface area contributed by atoms with Gasteiger partial charge in [0.05, 0.1) is 18.6 Å². The van der Waals surface area contributed by atoms with Gasteiger partial charge in [0, 0.05) is 45.0 Å². The largest absolute Gasteiger partial charge is 0.497 e. The minimum atomic E-state index is -3.77. The molecule has 0 radical (unpaired) electrons. The van der Waals surface area contributed by atoms with E-state index in [-0.39, 0.29) is 17.2 Å². The first kappa shape index (κ1) is 22.3. The second kappa shape index (κ2) is 10.1. The first-order valence-corrected chi connectivity index (χ1v) is 11.4. The van der Waals surface area contributed by atoms with Gasteiger partial charge in [-0.2, -0.15) is 0 Å². The minimum Gasteiger partial charge on any atom is -0.497 e. The van der Waals surface area contributed by atoms with Crippen molar-refractivity contribution in [2.75, 3.05) is 57.9 Å². The number of ether oxygens (including phenoxy) is 2. The van der Waals surface area contributed by atoms with Gasteiger partial charge in [-0.15, -0.1) is 0 Å². The highest BCUT2D eigenvalue weighted by atomic mass is 32.2. The van der Waals surface area contributed by atoms with Gasteiger partial charge in [-0.25, -0.2) is 17.5 Å². The van der Waals surface area contributed by atoms with Gasteiger partial charge in [-0.05, 0) is 49.4 Å². The summed E-state index contributed by atoms with van der Waals surface area (Å²) < 4.78 is 51.7. The lowest BCUT2D eigenvalue weighted by molar-refractivity contribution is 0.262. The zero-order valence-electron chi connectivity index (χ0n) is 17.3. The summed E-state index contributed by atoms with van der Waals surface area (Å²) in [5, 5.41) is 0. The van der Waals surface area contributed by atoms with Crippen LogP contribution in [0, 0.1) is 5.82 Å². The van der Waals surface area contributed by atoms with E-state index in [2.05, 4.69) is 14.5 Å². The number of methoxy groups -OCH3 is 1. The zero-order valence-corrected chi connectivity index (χ0v) is 18.1. The summed E-state index contributed by atoms with van der Waals surface area (Å²) in [5.74, 6) is 0.192. The molecule has 2 aromatic carbocycles. The van der Waals surface area contributed by atoms with Crippen molar-refractivity contribution in [1.29, 1.82) is 0 Å². The van der Waals surface area contributed by atoms with Crippen LogP contribution in [0.2, 0.25) is 0 Å². The molecule has 0 aromatic heterocycles. The highest BCUT2D eigenvalue weighted by Crippen LogP contribution is 2.22. The molecular formula is C21H28FN3O4S. The number of nitrogens with zero attached hydrogens (tertiary/aromatic N) is 2. The van der Waals surface area contributed by atoms with Crippen molar-refractivity contribution < 1.29 is 22.3 Å². The molecular weight excluding hydrogens is 409 g/mol. The predicted octanol–water partition coefficient (Wildman–Crippen LogP) is 2.33. The van der Waals surface area contributed by atoms with E-state index in [0.717, 1.165) is 43.7 Å². The van der Waals surface area contributed by atoms with Gasteiger partial charge in [0.15, 0.2) is 11.6 Å². The number of halogens is 1. The second-order valence-electron chi connectivity index (χ2n) is 6.95. The molecule has 164 valence electrons. The molecule has 1 aliphatic rings. The monoisotopic (exact) mass is 437 g/mol. The summed E-state index contributed by atoms with van der Waals surface area (Å²) in [5.41, 5.74) is 1.15. The molecule has 0 unspecified atom stereocenters. The lowest BCUT2D eigenvalue weighted by Gasteiger charge is -2.36. The topological polar surface area (TPSA) is 71.1 Å². The fourth-order valence-electron chi connectivity index (χ4n) is 3.37. The Morgan fingerprint density at radius 1 is 1.07 bits per heavy atom. The average molecular weight is 438 g/mol. The van der Waals surface area contributed by atoms with Crippen LogP contribution in [0.4, 0.5) is 10.1 Å². The maximum atomic E-state index is 14.0. The van der Waals surface area contributed by atoms with Crippen molar-refractivity contribution in [1.82, 2.24) is 9.62 Å². The first-order valence-electron chi connectivity index (χ1n) is 9.96. The molecule has 2 aromatic rings. The van der Waals surface area contributed by atoms with Gasteiger partial charge >= 0.3 is 0 Å². The van der Waals surface area contributed by atoms with Crippen molar-refractivity contribution in [2.45, 2.75) is 11.8 Å². The number of anilines is 1. The molecule has 0 aliphatic carbocycles. The Kier molecular flexibility index (Phi) is 7.52. The number of nitrogens with one attached hydrogen (secondary N) is 1. The van der Waals surface area contributed by atoms with Gasteiger partial charge in [-0.3, -0.25) is 4.90 Å². The quantitative estimate of drug-likeness (QED) is 0.649. The number of hydrogen-bond donors (Lipinski definition) is 1. The van der Waals surface area contributed by atoms with Crippen LogP contribution in [0.1, 0.15) is 6.92 Å². The number of benzene rings is 2. The summed E-state index contributed by atoms with van der Waals surface area (Å²) in [4.78, 5) is 4.40. The highest BCUT2D eigenvalue weighted by Gasteiger charge is 2.19. The van der Waals surface area contributed by atoms with Crippen LogP contribution in [0.5, 0.6) is 11.5 Å². The van der Waals surface area contributed by atoms with E-state index in [0.29, 0.717) is 13.2 Å². The molecule has 0 amide bonds. The van der Waals surface area contributed by atoms with Crippen LogP contribution in [-0.4, -0.2) is 66.3 Å². The maximum absolute atomic E-state index is 14.0. The molecule has 7 nitrogen and oxygen atoms in total. The van der Waals surface area contributed by atoms with Crippen molar-refractivity contribution in [3.8, 4) is 11.5 Å². The van der Waals surface area contributed by atoms with Crippen molar-refractivity contribution >= 4 is 15.7 Å². The van der Waals surface area contributed by atoms with Crippen molar-refractivity contribution in [3.63, 3.8) is 0 Å². The summed E-state index contributed by atoms with van der Waals surface area (Å²) in [6, 6.07) is 11.6. The lowest BCUT2D eigenvalue weighted by Crippen LogP contribution is -2.48. The number of rotatable bonds is 9. The number of sulfonamides is 1. The third-order valence-corrected chi connectivity index (χ3v) is 6.50. The zero-order chi connectivity index (χ0) is 21.6. The first-order chi connectivity index (χ1) is 14.4. The van der Waals surface area contributed by atoms with E-state index < -0.39 is 15.8 Å². The van der Waals surface area contributed by atoms with Crippen LogP contribution >= 0.6 is 0 Å². The van der Waals surface area contributed by atoms with E-state index in [1.807, 2.05) is 24.3 Å². The van der Waals surface area contributed by atoms with Crippen molar-refractivity contribution in [2.24, 2.45) is 0 Å². The van der Waals surface area contributed by atoms with Crippen LogP contribution < -0.4 is 19.1 Å². The molecule has 1 saturated heterocycles. The van der Waals surface area contributed by atoms with Crippen molar-refractivity contribution in [3.05, 3.63) is 48.3 Å². The molecule has 30 heavy (non-hydrogen) atoms. The van der Waals surface area contributed by atoms with E-state index >= 15 is 0 Å². The van der Waals surface area contributed by atoms with E-state index in [1.54, 1.807) is 14.0 Å². The van der Waals surface area contributed by atoms with E-state index in [1.165, 1.54) is 12.1 Å². The maximum Gasteiger partial charge on any atom is 0.240 e. The second-order valence-corrected chi connectivity index (χ2v) is 8.72. The Morgan fingerprint density at radius 3 is 2.37 bits per heavy atom. The fraction of sp³-hybridized carbons (Fsp3) is 0.429. The van der Waals surface area contributed by atoms with E-state index in [9.17, 15) is 12.8 Å². The molecule has 1 fully saturated rings. The van der Waals surface area contributed by atoms with Crippen LogP contribution in [0.3, 0.4) is 0 Å². The molecule has 1 heterocycles. The van der Waals surface area contributed by atoms with E-state index in [4.69, 9.17) is 9.47 Å². The molecule has 1 N–H and O–H groups in total. The molecule has 0 atom stereocenters. The number of piperazine rings is 1. The van der Waals surface area contributed by atoms with Gasteiger partial charge < -0.3 is 14.4 Å². The van der Waals surface area contributed by atoms with Crippen LogP contribution in [0.15, 0.2) is 47.4 Å². The molecule has 0 saturated carbocycles. The SMILES string of the molecule is CCOc1ccc(S(=O)(=O)NCCN2CCN(c3ccc(OC)cc3)CC2)cc1F. The highest BCUT2D eigenvalue weighted by molar-refractivity contribution is 7.89. The molecule has 3 rings (SSSR count). The Bertz CT molecular complexity index is 930. The third kappa shape index (κ3) is 5.62. The molecule has 9 heteroatoms. The standard InChI is InChI=1S/C21H28FN3O4S/c1-3-29-21-9-8-19(16-20(21)22)30(26,27)23-10-11-24-12-14-25(15-13-24)17-4-6-18(28-2)7-5-17/h4-9,16,23H,3,10-15H2,1-2H3. The predicted molar refractivity (Wildman–Crippen MR) is 114 cm³/mol. The molecule has 0 bridgehead atoms. The summed E-state index contributed by atoms with van der Waals surface area (Å²) in [7, 11) is -2.12. The minimum absolute atomic E-state index is 0.0474. The summed E-state index contributed by atoms with van der Waals surface area (Å²) in [6.45, 7) is 6.31. The van der Waals surface area contributed by atoms with Gasteiger partial charge in [-0.1, -0.05) is 0 Å². The smallest absolute Gasteiger partial charge is 0.240 e. The molecule has 1 aliphatic heterocycles.